The van der Waals surface area contributed by atoms with Crippen molar-refractivity contribution in [3.8, 4) is 0 Å². The normalized spacial score (nSPS) is 22.5. The average Bonchev–Trinajstić information content (AvgIpc) is 3.64. The van der Waals surface area contributed by atoms with E-state index in [9.17, 15) is 28.8 Å². The molecule has 2 bridgehead atoms. The predicted octanol–water partition coefficient (Wildman–Crippen LogP) is 1.88. The van der Waals surface area contributed by atoms with Crippen LogP contribution in [0.5, 0.6) is 0 Å². The zero-order chi connectivity index (χ0) is 38.5. The summed E-state index contributed by atoms with van der Waals surface area (Å²) in [5.74, 6) is -2.93. The van der Waals surface area contributed by atoms with Crippen LogP contribution in [0.25, 0.3) is 0 Å². The van der Waals surface area contributed by atoms with Crippen molar-refractivity contribution >= 4 is 58.5 Å². The second-order valence-electron chi connectivity index (χ2n) is 13.0. The molecule has 1 aliphatic rings. The first-order valence-electron chi connectivity index (χ1n) is 17.4. The third kappa shape index (κ3) is 11.8. The molecule has 3 heterocycles. The first-order chi connectivity index (χ1) is 25.4. The van der Waals surface area contributed by atoms with E-state index in [4.69, 9.17) is 0 Å². The molecule has 3 aromatic rings. The van der Waals surface area contributed by atoms with Gasteiger partial charge in [-0.05, 0) is 49.7 Å². The van der Waals surface area contributed by atoms with Gasteiger partial charge < -0.3 is 31.5 Å². The van der Waals surface area contributed by atoms with Crippen LogP contribution in [0, 0.1) is 5.92 Å². The number of carbonyl (C=O) groups excluding carboxylic acids is 6. The number of thiazole rings is 1. The standard InChI is InChI=1S/C36H47N9O6S2/c1-6-25-32(48)42-26(12-15-52-5)33(49)40-24(16-23-10-8-7-9-11-23)18-45(36(51)27-17-37-13-14-38-27)19-29(46)44-30(21(2)3)35-43-28(20-53-35)34(50)39-22(4)31(47)41-25/h7-11,13-14,17,20-22,24-26,30H,6,12,15-16,18-19H2,1-5H3,(H,39,50)(H,40,49)(H,41,47)(H,42,48)(H,44,46)/t22-,24+,25+,26+,30+/m1/s1. The molecule has 2 aromatic heterocycles. The quantitative estimate of drug-likeness (QED) is 0.225. The van der Waals surface area contributed by atoms with Gasteiger partial charge in [-0.25, -0.2) is 9.97 Å². The van der Waals surface area contributed by atoms with Crippen LogP contribution in [-0.4, -0.2) is 105 Å². The third-order valence-electron chi connectivity index (χ3n) is 8.55. The summed E-state index contributed by atoms with van der Waals surface area (Å²) >= 11 is 2.68. The van der Waals surface area contributed by atoms with E-state index in [0.29, 0.717) is 17.2 Å². The SMILES string of the molecule is CC[C@@H]1NC(=O)[C@@H](C)NC(=O)c2csc(n2)[C@H](C(C)C)NC(=O)CN(C(=O)c2cnccn2)C[C@H](Cc2ccccc2)NC(=O)[C@H](CCSC)NC1=O. The Labute approximate surface area is 317 Å². The van der Waals surface area contributed by atoms with Gasteiger partial charge in [0.2, 0.25) is 23.6 Å². The first kappa shape index (κ1) is 40.9. The Bertz CT molecular complexity index is 1730. The molecule has 0 aliphatic carbocycles. The molecule has 284 valence electrons. The molecule has 6 amide bonds. The summed E-state index contributed by atoms with van der Waals surface area (Å²) in [5, 5.41) is 16.1. The van der Waals surface area contributed by atoms with E-state index in [2.05, 4.69) is 41.5 Å². The highest BCUT2D eigenvalue weighted by atomic mass is 32.2. The molecule has 1 aromatic carbocycles. The van der Waals surface area contributed by atoms with E-state index in [1.807, 2.05) is 50.4 Å². The van der Waals surface area contributed by atoms with Crippen LogP contribution in [0.3, 0.4) is 0 Å². The Kier molecular flexibility index (Phi) is 15.3. The Hall–Kier alpha value is -4.90. The zero-order valence-electron chi connectivity index (χ0n) is 30.5. The summed E-state index contributed by atoms with van der Waals surface area (Å²) in [7, 11) is 0. The maximum atomic E-state index is 14.0. The summed E-state index contributed by atoms with van der Waals surface area (Å²) in [6.07, 6.45) is 6.80. The highest BCUT2D eigenvalue weighted by molar-refractivity contribution is 7.98. The monoisotopic (exact) mass is 765 g/mol. The van der Waals surface area contributed by atoms with Crippen LogP contribution < -0.4 is 26.6 Å². The fraction of sp³-hybridized carbons (Fsp3) is 0.472. The van der Waals surface area contributed by atoms with Crippen molar-refractivity contribution in [2.45, 2.75) is 77.2 Å². The van der Waals surface area contributed by atoms with Crippen molar-refractivity contribution in [2.75, 3.05) is 25.1 Å². The molecule has 0 unspecified atom stereocenters. The van der Waals surface area contributed by atoms with Gasteiger partial charge in [0.15, 0.2) is 0 Å². The lowest BCUT2D eigenvalue weighted by molar-refractivity contribution is -0.132. The molecule has 1 aliphatic heterocycles. The number of rotatable bonds is 8. The summed E-state index contributed by atoms with van der Waals surface area (Å²) in [4.78, 5) is 95.6. The second kappa shape index (κ2) is 19.8. The molecule has 4 rings (SSSR count). The van der Waals surface area contributed by atoms with Crippen molar-refractivity contribution in [2.24, 2.45) is 5.92 Å². The molecule has 53 heavy (non-hydrogen) atoms. The van der Waals surface area contributed by atoms with E-state index < -0.39 is 72.2 Å². The van der Waals surface area contributed by atoms with Crippen LogP contribution in [0.2, 0.25) is 0 Å². The molecule has 0 fully saturated rings. The smallest absolute Gasteiger partial charge is 0.274 e. The molecule has 0 radical (unpaired) electrons. The van der Waals surface area contributed by atoms with E-state index >= 15 is 0 Å². The molecule has 5 atom stereocenters. The van der Waals surface area contributed by atoms with Gasteiger partial charge in [0.1, 0.15) is 34.5 Å². The predicted molar refractivity (Wildman–Crippen MR) is 202 cm³/mol. The minimum absolute atomic E-state index is 0.0126. The zero-order valence-corrected chi connectivity index (χ0v) is 32.1. The van der Waals surface area contributed by atoms with Crippen LogP contribution >= 0.6 is 23.1 Å². The maximum Gasteiger partial charge on any atom is 0.274 e. The van der Waals surface area contributed by atoms with Gasteiger partial charge in [-0.2, -0.15) is 11.8 Å². The largest absolute Gasteiger partial charge is 0.349 e. The molecule has 15 nitrogen and oxygen atoms in total. The van der Waals surface area contributed by atoms with Gasteiger partial charge in [0, 0.05) is 24.3 Å². The number of nitrogens with zero attached hydrogens (tertiary/aromatic N) is 4. The van der Waals surface area contributed by atoms with Crippen molar-refractivity contribution in [3.63, 3.8) is 0 Å². The minimum Gasteiger partial charge on any atom is -0.349 e. The molecule has 5 N–H and O–H groups in total. The molecule has 17 heteroatoms. The molecule has 0 spiro atoms. The highest BCUT2D eigenvalue weighted by Gasteiger charge is 2.32. The Morgan fingerprint density at radius 1 is 0.962 bits per heavy atom. The van der Waals surface area contributed by atoms with E-state index in [1.165, 1.54) is 53.5 Å². The topological polar surface area (TPSA) is 204 Å². The van der Waals surface area contributed by atoms with Gasteiger partial charge in [-0.3, -0.25) is 33.8 Å². The van der Waals surface area contributed by atoms with Gasteiger partial charge in [-0.15, -0.1) is 11.3 Å². The number of benzene rings is 1. The fourth-order valence-electron chi connectivity index (χ4n) is 5.62. The van der Waals surface area contributed by atoms with Gasteiger partial charge in [-0.1, -0.05) is 51.1 Å². The minimum atomic E-state index is -1.02. The number of carbonyl (C=O) groups is 6. The summed E-state index contributed by atoms with van der Waals surface area (Å²) in [6, 6.07) is 5.07. The van der Waals surface area contributed by atoms with Crippen molar-refractivity contribution in [3.05, 3.63) is 76.3 Å². The van der Waals surface area contributed by atoms with Gasteiger partial charge >= 0.3 is 0 Å². The number of aromatic nitrogens is 3. The first-order valence-corrected chi connectivity index (χ1v) is 19.7. The molecular weight excluding hydrogens is 719 g/mol. The van der Waals surface area contributed by atoms with Crippen LogP contribution in [0.1, 0.15) is 78.1 Å². The number of amides is 6. The average molecular weight is 766 g/mol. The molecule has 0 saturated carbocycles. The number of nitrogens with one attached hydrogen (secondary N) is 5. The lowest BCUT2D eigenvalue weighted by Gasteiger charge is -2.30. The number of hydrogen-bond donors (Lipinski definition) is 5. The van der Waals surface area contributed by atoms with E-state index in [-0.39, 0.29) is 36.7 Å². The second-order valence-corrected chi connectivity index (χ2v) is 14.9. The summed E-state index contributed by atoms with van der Waals surface area (Å²) in [5.41, 5.74) is 0.943. The van der Waals surface area contributed by atoms with Crippen LogP contribution in [-0.2, 0) is 25.6 Å². The number of fused-ring (bicyclic) bond motifs is 2. The number of thioether (sulfide) groups is 1. The van der Waals surface area contributed by atoms with Crippen LogP contribution in [0.15, 0.2) is 54.3 Å². The Morgan fingerprint density at radius 3 is 2.34 bits per heavy atom. The summed E-state index contributed by atoms with van der Waals surface area (Å²) < 4.78 is 0. The van der Waals surface area contributed by atoms with Gasteiger partial charge in [0.05, 0.1) is 24.8 Å². The molecular formula is C36H47N9O6S2. The van der Waals surface area contributed by atoms with Crippen molar-refractivity contribution in [1.29, 1.82) is 0 Å². The lowest BCUT2D eigenvalue weighted by Crippen LogP contribution is -2.58. The Morgan fingerprint density at radius 2 is 1.68 bits per heavy atom. The highest BCUT2D eigenvalue weighted by Crippen LogP contribution is 2.25. The number of hydrogen-bond acceptors (Lipinski definition) is 11. The van der Waals surface area contributed by atoms with E-state index in [1.54, 1.807) is 12.3 Å². The molecule has 0 saturated heterocycles. The van der Waals surface area contributed by atoms with Crippen molar-refractivity contribution in [1.82, 2.24) is 46.4 Å². The van der Waals surface area contributed by atoms with Crippen LogP contribution in [0.4, 0.5) is 0 Å². The maximum absolute atomic E-state index is 14.0. The van der Waals surface area contributed by atoms with Crippen molar-refractivity contribution < 1.29 is 28.8 Å². The summed E-state index contributed by atoms with van der Waals surface area (Å²) in [6.45, 7) is 6.51. The fourth-order valence-corrected chi connectivity index (χ4v) is 7.11. The third-order valence-corrected chi connectivity index (χ3v) is 10.1. The van der Waals surface area contributed by atoms with E-state index in [0.717, 1.165) is 5.56 Å². The lowest BCUT2D eigenvalue weighted by atomic mass is 10.0. The Balaban J connectivity index is 1.76. The van der Waals surface area contributed by atoms with Gasteiger partial charge in [0.25, 0.3) is 11.8 Å².